The largest absolute Gasteiger partial charge is 0.348 e. The van der Waals surface area contributed by atoms with Gasteiger partial charge in [-0.25, -0.2) is 0 Å². The summed E-state index contributed by atoms with van der Waals surface area (Å²) >= 11 is 0. The maximum atomic E-state index is 12.5. The molecule has 1 N–H and O–H groups in total. The number of amides is 1. The van der Waals surface area contributed by atoms with Gasteiger partial charge in [-0.1, -0.05) is 65.9 Å². The Labute approximate surface area is 171 Å². The van der Waals surface area contributed by atoms with E-state index in [1.54, 1.807) is 10.9 Å². The van der Waals surface area contributed by atoms with Crippen LogP contribution < -0.4 is 5.32 Å². The molecule has 150 valence electrons. The summed E-state index contributed by atoms with van der Waals surface area (Å²) in [6, 6.07) is 21.0. The van der Waals surface area contributed by atoms with Crippen LogP contribution in [-0.4, -0.2) is 44.9 Å². The molecule has 0 saturated carbocycles. The molecule has 0 aliphatic carbocycles. The fourth-order valence-electron chi connectivity index (χ4n) is 3.74. The third-order valence-corrected chi connectivity index (χ3v) is 5.42. The van der Waals surface area contributed by atoms with Gasteiger partial charge in [0.05, 0.1) is 6.20 Å². The van der Waals surface area contributed by atoms with Crippen molar-refractivity contribution >= 4 is 5.91 Å². The predicted octanol–water partition coefficient (Wildman–Crippen LogP) is 2.92. The van der Waals surface area contributed by atoms with E-state index >= 15 is 0 Å². The Morgan fingerprint density at radius 3 is 2.31 bits per heavy atom. The third-order valence-electron chi connectivity index (χ3n) is 5.42. The molecular formula is C23H27N5O. The summed E-state index contributed by atoms with van der Waals surface area (Å²) in [5.74, 6) is -0.127. The topological polar surface area (TPSA) is 63.1 Å². The fraction of sp³-hybridized carbons (Fsp3) is 0.348. The molecule has 1 fully saturated rings. The van der Waals surface area contributed by atoms with Crippen LogP contribution >= 0.6 is 0 Å². The number of aryl methyl sites for hydroxylation is 2. The second-order valence-electron chi connectivity index (χ2n) is 7.61. The summed E-state index contributed by atoms with van der Waals surface area (Å²) in [5.41, 5.74) is 2.98. The number of likely N-dealkylation sites (tertiary alicyclic amines) is 1. The highest BCUT2D eigenvalue weighted by Crippen LogP contribution is 2.14. The van der Waals surface area contributed by atoms with Crippen LogP contribution in [0.1, 0.15) is 34.5 Å². The predicted molar refractivity (Wildman–Crippen MR) is 112 cm³/mol. The smallest absolute Gasteiger partial charge is 0.273 e. The van der Waals surface area contributed by atoms with Crippen molar-refractivity contribution in [3.8, 4) is 0 Å². The van der Waals surface area contributed by atoms with Crippen LogP contribution in [0, 0.1) is 0 Å². The van der Waals surface area contributed by atoms with Gasteiger partial charge in [0, 0.05) is 32.2 Å². The molecule has 1 aliphatic rings. The molecule has 1 aromatic heterocycles. The fourth-order valence-corrected chi connectivity index (χ4v) is 3.74. The second kappa shape index (κ2) is 9.47. The lowest BCUT2D eigenvalue weighted by Gasteiger charge is -2.32. The molecule has 0 spiro atoms. The number of rotatable bonds is 7. The Bertz CT molecular complexity index is 901. The van der Waals surface area contributed by atoms with Gasteiger partial charge in [0.15, 0.2) is 5.69 Å². The summed E-state index contributed by atoms with van der Waals surface area (Å²) < 4.78 is 1.74. The van der Waals surface area contributed by atoms with Gasteiger partial charge < -0.3 is 5.32 Å². The Morgan fingerprint density at radius 1 is 0.966 bits per heavy atom. The number of benzene rings is 2. The molecule has 29 heavy (non-hydrogen) atoms. The molecule has 0 bridgehead atoms. The number of hydrogen-bond donors (Lipinski definition) is 1. The van der Waals surface area contributed by atoms with Crippen LogP contribution in [-0.2, 0) is 19.5 Å². The summed E-state index contributed by atoms with van der Waals surface area (Å²) in [6.45, 7) is 3.66. The Kier molecular flexibility index (Phi) is 6.32. The number of aromatic nitrogens is 3. The van der Waals surface area contributed by atoms with Crippen molar-refractivity contribution in [1.29, 1.82) is 0 Å². The van der Waals surface area contributed by atoms with Gasteiger partial charge in [-0.3, -0.25) is 14.4 Å². The van der Waals surface area contributed by atoms with E-state index in [-0.39, 0.29) is 11.9 Å². The van der Waals surface area contributed by atoms with Crippen molar-refractivity contribution in [2.75, 3.05) is 13.1 Å². The molecule has 6 heteroatoms. The van der Waals surface area contributed by atoms with Gasteiger partial charge >= 0.3 is 0 Å². The van der Waals surface area contributed by atoms with Gasteiger partial charge in [-0.05, 0) is 30.4 Å². The number of carbonyl (C=O) groups is 1. The van der Waals surface area contributed by atoms with E-state index in [4.69, 9.17) is 0 Å². The SMILES string of the molecule is O=C(NC1CCN(Cc2ccccc2)CC1)c1cn(CCc2ccccc2)nn1. The second-order valence-corrected chi connectivity index (χ2v) is 7.61. The number of hydrogen-bond acceptors (Lipinski definition) is 4. The minimum atomic E-state index is -0.127. The first-order chi connectivity index (χ1) is 14.3. The van der Waals surface area contributed by atoms with Crippen LogP contribution in [0.25, 0.3) is 0 Å². The zero-order valence-corrected chi connectivity index (χ0v) is 16.6. The number of nitrogens with one attached hydrogen (secondary N) is 1. The molecule has 4 rings (SSSR count). The lowest BCUT2D eigenvalue weighted by molar-refractivity contribution is 0.0904. The number of nitrogens with zero attached hydrogens (tertiary/aromatic N) is 4. The summed E-state index contributed by atoms with van der Waals surface area (Å²) in [5, 5.41) is 11.3. The van der Waals surface area contributed by atoms with E-state index < -0.39 is 0 Å². The van der Waals surface area contributed by atoms with Crippen LogP contribution in [0.5, 0.6) is 0 Å². The molecule has 0 radical (unpaired) electrons. The van der Waals surface area contributed by atoms with Crippen molar-refractivity contribution in [3.05, 3.63) is 83.7 Å². The molecule has 2 aromatic carbocycles. The average molecular weight is 390 g/mol. The maximum absolute atomic E-state index is 12.5. The van der Waals surface area contributed by atoms with Gasteiger partial charge in [-0.15, -0.1) is 5.10 Å². The molecule has 3 aromatic rings. The molecule has 1 saturated heterocycles. The van der Waals surface area contributed by atoms with Crippen molar-refractivity contribution in [1.82, 2.24) is 25.2 Å². The minimum absolute atomic E-state index is 0.127. The Balaban J connectivity index is 1.22. The van der Waals surface area contributed by atoms with Crippen LogP contribution in [0.15, 0.2) is 66.9 Å². The lowest BCUT2D eigenvalue weighted by atomic mass is 10.0. The normalized spacial score (nSPS) is 15.3. The minimum Gasteiger partial charge on any atom is -0.348 e. The molecular weight excluding hydrogens is 362 g/mol. The van der Waals surface area contributed by atoms with E-state index in [0.717, 1.165) is 38.9 Å². The van der Waals surface area contributed by atoms with Crippen molar-refractivity contribution < 1.29 is 4.79 Å². The van der Waals surface area contributed by atoms with Crippen LogP contribution in [0.2, 0.25) is 0 Å². The Hall–Kier alpha value is -2.99. The van der Waals surface area contributed by atoms with E-state index in [2.05, 4.69) is 56.9 Å². The molecule has 1 amide bonds. The van der Waals surface area contributed by atoms with E-state index in [1.807, 2.05) is 24.3 Å². The lowest BCUT2D eigenvalue weighted by Crippen LogP contribution is -2.44. The maximum Gasteiger partial charge on any atom is 0.273 e. The van der Waals surface area contributed by atoms with Gasteiger partial charge in [0.25, 0.3) is 5.91 Å². The molecule has 2 heterocycles. The highest BCUT2D eigenvalue weighted by atomic mass is 16.2. The zero-order chi connectivity index (χ0) is 19.9. The van der Waals surface area contributed by atoms with Gasteiger partial charge in [0.2, 0.25) is 0 Å². The highest BCUT2D eigenvalue weighted by Gasteiger charge is 2.22. The first-order valence-electron chi connectivity index (χ1n) is 10.3. The van der Waals surface area contributed by atoms with E-state index in [0.29, 0.717) is 12.2 Å². The average Bonchev–Trinajstić information content (AvgIpc) is 3.24. The Morgan fingerprint density at radius 2 is 1.62 bits per heavy atom. The molecule has 0 atom stereocenters. The molecule has 6 nitrogen and oxygen atoms in total. The first kappa shape index (κ1) is 19.3. The first-order valence-corrected chi connectivity index (χ1v) is 10.3. The highest BCUT2D eigenvalue weighted by molar-refractivity contribution is 5.92. The van der Waals surface area contributed by atoms with Gasteiger partial charge in [0.1, 0.15) is 0 Å². The monoisotopic (exact) mass is 389 g/mol. The van der Waals surface area contributed by atoms with E-state index in [1.165, 1.54) is 11.1 Å². The van der Waals surface area contributed by atoms with Crippen LogP contribution in [0.4, 0.5) is 0 Å². The summed E-state index contributed by atoms with van der Waals surface area (Å²) in [4.78, 5) is 15.0. The quantitative estimate of drug-likeness (QED) is 0.675. The number of carbonyl (C=O) groups excluding carboxylic acids is 1. The summed E-state index contributed by atoms with van der Waals surface area (Å²) in [6.07, 6.45) is 4.52. The standard InChI is InChI=1S/C23H27N5O/c29-23(22-18-28(26-25-22)16-11-19-7-3-1-4-8-19)24-21-12-14-27(15-13-21)17-20-9-5-2-6-10-20/h1-10,18,21H,11-17H2,(H,24,29). The van der Waals surface area contributed by atoms with Crippen molar-refractivity contribution in [2.24, 2.45) is 0 Å². The third kappa shape index (κ3) is 5.51. The van der Waals surface area contributed by atoms with Crippen molar-refractivity contribution in [3.63, 3.8) is 0 Å². The van der Waals surface area contributed by atoms with Crippen molar-refractivity contribution in [2.45, 2.75) is 38.4 Å². The van der Waals surface area contributed by atoms with Crippen LogP contribution in [0.3, 0.4) is 0 Å². The zero-order valence-electron chi connectivity index (χ0n) is 16.6. The molecule has 0 unspecified atom stereocenters. The summed E-state index contributed by atoms with van der Waals surface area (Å²) in [7, 11) is 0. The molecule has 1 aliphatic heterocycles. The van der Waals surface area contributed by atoms with Gasteiger partial charge in [-0.2, -0.15) is 0 Å². The van der Waals surface area contributed by atoms with E-state index in [9.17, 15) is 4.79 Å². The number of piperidine rings is 1.